The monoisotopic (exact) mass is 461 g/mol. The van der Waals surface area contributed by atoms with Crippen molar-refractivity contribution < 1.29 is 4.79 Å². The summed E-state index contributed by atoms with van der Waals surface area (Å²) in [5.74, 6) is 1.05. The molecule has 0 bridgehead atoms. The average molecular weight is 461 g/mol. The molecule has 4 N–H and O–H groups in total. The molecule has 10 heteroatoms. The number of aromatic amines is 2. The van der Waals surface area contributed by atoms with Gasteiger partial charge in [0.15, 0.2) is 5.82 Å². The van der Waals surface area contributed by atoms with E-state index in [0.717, 1.165) is 38.6 Å². The van der Waals surface area contributed by atoms with Gasteiger partial charge in [0.2, 0.25) is 0 Å². The SMILES string of the molecule is O=C(NCc1ccnnc1)c1cc2ccc(-c3nccc(Nc4ccc5[nH]ncc5c4)n3)cc2[nH]1. The van der Waals surface area contributed by atoms with Gasteiger partial charge in [-0.2, -0.15) is 15.3 Å². The second-order valence-electron chi connectivity index (χ2n) is 7.98. The zero-order valence-electron chi connectivity index (χ0n) is 18.4. The molecule has 6 aromatic rings. The van der Waals surface area contributed by atoms with Crippen molar-refractivity contribution in [3.05, 3.63) is 90.6 Å². The molecule has 0 saturated carbocycles. The maximum atomic E-state index is 12.6. The summed E-state index contributed by atoms with van der Waals surface area (Å²) >= 11 is 0. The second kappa shape index (κ2) is 8.67. The van der Waals surface area contributed by atoms with Gasteiger partial charge >= 0.3 is 0 Å². The largest absolute Gasteiger partial charge is 0.351 e. The van der Waals surface area contributed by atoms with E-state index in [1.165, 1.54) is 0 Å². The number of nitrogens with one attached hydrogen (secondary N) is 4. The Balaban J connectivity index is 1.21. The molecular formula is C25H19N9O. The van der Waals surface area contributed by atoms with Crippen molar-refractivity contribution in [3.63, 3.8) is 0 Å². The van der Waals surface area contributed by atoms with Gasteiger partial charge in [0.05, 0.1) is 17.9 Å². The molecular weight excluding hydrogens is 442 g/mol. The van der Waals surface area contributed by atoms with Crippen molar-refractivity contribution in [1.82, 2.24) is 40.7 Å². The van der Waals surface area contributed by atoms with Crippen LogP contribution in [0, 0.1) is 0 Å². The molecule has 6 rings (SSSR count). The van der Waals surface area contributed by atoms with Crippen LogP contribution in [0.3, 0.4) is 0 Å². The molecule has 0 spiro atoms. The number of nitrogens with zero attached hydrogens (tertiary/aromatic N) is 5. The van der Waals surface area contributed by atoms with E-state index in [1.807, 2.05) is 54.6 Å². The molecule has 35 heavy (non-hydrogen) atoms. The minimum absolute atomic E-state index is 0.198. The predicted octanol–water partition coefficient (Wildman–Crippen LogP) is 3.96. The van der Waals surface area contributed by atoms with Crippen LogP contribution >= 0.6 is 0 Å². The van der Waals surface area contributed by atoms with E-state index in [0.29, 0.717) is 23.9 Å². The van der Waals surface area contributed by atoms with Gasteiger partial charge in [0, 0.05) is 46.5 Å². The number of amides is 1. The first-order valence-corrected chi connectivity index (χ1v) is 10.9. The molecule has 0 saturated heterocycles. The highest BCUT2D eigenvalue weighted by Crippen LogP contribution is 2.25. The summed E-state index contributed by atoms with van der Waals surface area (Å²) < 4.78 is 0. The lowest BCUT2D eigenvalue weighted by Gasteiger charge is -2.07. The summed E-state index contributed by atoms with van der Waals surface area (Å²) in [6.07, 6.45) is 6.71. The maximum Gasteiger partial charge on any atom is 0.267 e. The molecule has 10 nitrogen and oxygen atoms in total. The van der Waals surface area contributed by atoms with Gasteiger partial charge in [-0.25, -0.2) is 9.97 Å². The lowest BCUT2D eigenvalue weighted by Crippen LogP contribution is -2.23. The highest BCUT2D eigenvalue weighted by Gasteiger charge is 2.11. The van der Waals surface area contributed by atoms with Crippen molar-refractivity contribution in [1.29, 1.82) is 0 Å². The second-order valence-corrected chi connectivity index (χ2v) is 7.98. The zero-order valence-corrected chi connectivity index (χ0v) is 18.4. The Labute approximate surface area is 198 Å². The summed E-state index contributed by atoms with van der Waals surface area (Å²) in [6, 6.07) is 17.2. The summed E-state index contributed by atoms with van der Waals surface area (Å²) in [5, 5.41) is 22.7. The fourth-order valence-corrected chi connectivity index (χ4v) is 3.82. The van der Waals surface area contributed by atoms with Gasteiger partial charge in [0.25, 0.3) is 5.91 Å². The van der Waals surface area contributed by atoms with Crippen molar-refractivity contribution in [3.8, 4) is 11.4 Å². The van der Waals surface area contributed by atoms with Crippen LogP contribution in [0.2, 0.25) is 0 Å². The molecule has 0 aliphatic heterocycles. The van der Waals surface area contributed by atoms with E-state index >= 15 is 0 Å². The third kappa shape index (κ3) is 4.27. The van der Waals surface area contributed by atoms with E-state index in [9.17, 15) is 4.79 Å². The normalized spacial score (nSPS) is 11.1. The van der Waals surface area contributed by atoms with Gasteiger partial charge in [-0.15, -0.1) is 0 Å². The molecule has 0 radical (unpaired) electrons. The molecule has 0 atom stereocenters. The summed E-state index contributed by atoms with van der Waals surface area (Å²) in [7, 11) is 0. The van der Waals surface area contributed by atoms with Crippen LogP contribution in [0.15, 0.2) is 79.4 Å². The zero-order chi connectivity index (χ0) is 23.6. The van der Waals surface area contributed by atoms with Crippen LogP contribution < -0.4 is 10.6 Å². The molecule has 1 amide bonds. The number of carbonyl (C=O) groups excluding carboxylic acids is 1. The Morgan fingerprint density at radius 2 is 1.86 bits per heavy atom. The molecule has 4 heterocycles. The van der Waals surface area contributed by atoms with Crippen molar-refractivity contribution in [2.24, 2.45) is 0 Å². The number of fused-ring (bicyclic) bond motifs is 2. The van der Waals surface area contributed by atoms with Gasteiger partial charge in [-0.1, -0.05) is 12.1 Å². The fourth-order valence-electron chi connectivity index (χ4n) is 3.82. The van der Waals surface area contributed by atoms with Crippen LogP contribution in [-0.4, -0.2) is 41.3 Å². The van der Waals surface area contributed by atoms with Gasteiger partial charge in [-0.05, 0) is 48.0 Å². The Kier molecular flexibility index (Phi) is 5.08. The molecule has 0 aliphatic carbocycles. The van der Waals surface area contributed by atoms with Crippen LogP contribution in [-0.2, 0) is 6.54 Å². The molecule has 170 valence electrons. The number of hydrogen-bond donors (Lipinski definition) is 4. The van der Waals surface area contributed by atoms with E-state index in [1.54, 1.807) is 24.8 Å². The first-order chi connectivity index (χ1) is 17.2. The standard InChI is InChI=1S/C25H19N9O/c35-25(27-12-15-5-8-28-29-13-15)22-10-16-1-2-17(11-21(16)32-22)24-26-7-6-23(33-24)31-19-3-4-20-18(9-19)14-30-34-20/h1-11,13-14,32H,12H2,(H,27,35)(H,30,34)(H,26,31,33). The van der Waals surface area contributed by atoms with Crippen LogP contribution in [0.25, 0.3) is 33.2 Å². The van der Waals surface area contributed by atoms with Gasteiger partial charge < -0.3 is 15.6 Å². The molecule has 2 aromatic carbocycles. The van der Waals surface area contributed by atoms with Crippen molar-refractivity contribution >= 4 is 39.2 Å². The summed E-state index contributed by atoms with van der Waals surface area (Å²) in [5.41, 5.74) is 4.89. The fraction of sp³-hybridized carbons (Fsp3) is 0.0400. The number of anilines is 2. The lowest BCUT2D eigenvalue weighted by atomic mass is 10.1. The third-order valence-electron chi connectivity index (χ3n) is 5.59. The number of hydrogen-bond acceptors (Lipinski definition) is 7. The van der Waals surface area contributed by atoms with Gasteiger partial charge in [0.1, 0.15) is 11.5 Å². The number of carbonyl (C=O) groups is 1. The minimum atomic E-state index is -0.198. The maximum absolute atomic E-state index is 12.6. The quantitative estimate of drug-likeness (QED) is 0.295. The first-order valence-electron chi connectivity index (χ1n) is 10.9. The Bertz CT molecular complexity index is 1660. The third-order valence-corrected chi connectivity index (χ3v) is 5.59. The van der Waals surface area contributed by atoms with Crippen LogP contribution in [0.5, 0.6) is 0 Å². The molecule has 4 aromatic heterocycles. The highest BCUT2D eigenvalue weighted by molar-refractivity contribution is 5.98. The van der Waals surface area contributed by atoms with E-state index in [4.69, 9.17) is 0 Å². The van der Waals surface area contributed by atoms with Gasteiger partial charge in [-0.3, -0.25) is 9.89 Å². The average Bonchev–Trinajstić information content (AvgIpc) is 3.54. The van der Waals surface area contributed by atoms with E-state index < -0.39 is 0 Å². The Morgan fingerprint density at radius 1 is 0.886 bits per heavy atom. The Hall–Kier alpha value is -5.12. The van der Waals surface area contributed by atoms with E-state index in [-0.39, 0.29) is 5.91 Å². The number of rotatable bonds is 6. The lowest BCUT2D eigenvalue weighted by molar-refractivity contribution is 0.0946. The number of H-pyrrole nitrogens is 2. The number of aromatic nitrogens is 7. The van der Waals surface area contributed by atoms with Crippen molar-refractivity contribution in [2.75, 3.05) is 5.32 Å². The molecule has 0 aliphatic rings. The van der Waals surface area contributed by atoms with Crippen LogP contribution in [0.1, 0.15) is 16.1 Å². The molecule has 0 unspecified atom stereocenters. The highest BCUT2D eigenvalue weighted by atomic mass is 16.1. The van der Waals surface area contributed by atoms with E-state index in [2.05, 4.69) is 46.0 Å². The summed E-state index contributed by atoms with van der Waals surface area (Å²) in [6.45, 7) is 0.371. The topological polar surface area (TPSA) is 137 Å². The summed E-state index contributed by atoms with van der Waals surface area (Å²) in [4.78, 5) is 24.9. The molecule has 0 fully saturated rings. The first kappa shape index (κ1) is 20.5. The van der Waals surface area contributed by atoms with Crippen molar-refractivity contribution in [2.45, 2.75) is 6.54 Å². The number of benzene rings is 2. The smallest absolute Gasteiger partial charge is 0.267 e. The van der Waals surface area contributed by atoms with Crippen LogP contribution in [0.4, 0.5) is 11.5 Å². The minimum Gasteiger partial charge on any atom is -0.351 e. The Morgan fingerprint density at radius 3 is 2.77 bits per heavy atom. The predicted molar refractivity (Wildman–Crippen MR) is 132 cm³/mol.